The van der Waals surface area contributed by atoms with Crippen molar-refractivity contribution in [2.24, 2.45) is 0 Å². The number of nitrogen functional groups attached to an aromatic ring is 1. The summed E-state index contributed by atoms with van der Waals surface area (Å²) in [5.74, 6) is 4.21. The highest BCUT2D eigenvalue weighted by Crippen LogP contribution is 2.21. The lowest BCUT2D eigenvalue weighted by Gasteiger charge is -2.12. The van der Waals surface area contributed by atoms with Crippen molar-refractivity contribution in [3.8, 4) is 0 Å². The van der Waals surface area contributed by atoms with Gasteiger partial charge in [-0.15, -0.1) is 0 Å². The number of aromatic nitrogens is 2. The van der Waals surface area contributed by atoms with Crippen molar-refractivity contribution in [2.45, 2.75) is 12.5 Å². The van der Waals surface area contributed by atoms with Crippen LogP contribution in [0, 0.1) is 0 Å². The highest BCUT2D eigenvalue weighted by Gasteiger charge is 2.15. The molecule has 1 saturated heterocycles. The average Bonchev–Trinajstić information content (AvgIpc) is 2.69. The standard InChI is InChI=1S/C9H15N5S/c1-11-7-4-8(14-9(10)13-7)12-6-2-3-15-5-6/h4,6H,2-3,5H2,1H3,(H4,10,11,12,13,14). The summed E-state index contributed by atoms with van der Waals surface area (Å²) >= 11 is 1.96. The number of thioether (sulfide) groups is 1. The molecule has 0 aromatic carbocycles. The van der Waals surface area contributed by atoms with Gasteiger partial charge in [0.1, 0.15) is 11.6 Å². The van der Waals surface area contributed by atoms with E-state index in [1.165, 1.54) is 12.2 Å². The van der Waals surface area contributed by atoms with Gasteiger partial charge in [0.2, 0.25) is 5.95 Å². The highest BCUT2D eigenvalue weighted by atomic mass is 32.2. The molecule has 0 saturated carbocycles. The summed E-state index contributed by atoms with van der Waals surface area (Å²) in [5, 5.41) is 6.32. The fourth-order valence-electron chi connectivity index (χ4n) is 1.53. The van der Waals surface area contributed by atoms with Gasteiger partial charge in [-0.3, -0.25) is 0 Å². The van der Waals surface area contributed by atoms with Crippen molar-refractivity contribution in [3.63, 3.8) is 0 Å². The first-order valence-corrected chi connectivity index (χ1v) is 6.10. The Labute approximate surface area is 93.3 Å². The lowest BCUT2D eigenvalue weighted by molar-refractivity contribution is 0.806. The normalized spacial score (nSPS) is 20.2. The molecule has 0 spiro atoms. The van der Waals surface area contributed by atoms with Crippen LogP contribution in [0.5, 0.6) is 0 Å². The molecular weight excluding hydrogens is 210 g/mol. The molecule has 1 atom stereocenters. The minimum atomic E-state index is 0.301. The zero-order valence-corrected chi connectivity index (χ0v) is 9.47. The molecule has 1 fully saturated rings. The SMILES string of the molecule is CNc1cc(NC2CCSC2)nc(N)n1. The molecule has 1 aliphatic rings. The monoisotopic (exact) mass is 225 g/mol. The summed E-state index contributed by atoms with van der Waals surface area (Å²) in [5.41, 5.74) is 5.60. The number of hydrogen-bond acceptors (Lipinski definition) is 6. The van der Waals surface area contributed by atoms with Gasteiger partial charge in [-0.2, -0.15) is 21.7 Å². The minimum Gasteiger partial charge on any atom is -0.373 e. The molecule has 1 aromatic heterocycles. The van der Waals surface area contributed by atoms with Gasteiger partial charge in [0.15, 0.2) is 0 Å². The fraction of sp³-hybridized carbons (Fsp3) is 0.556. The fourth-order valence-corrected chi connectivity index (χ4v) is 2.68. The Bertz CT molecular complexity index is 337. The van der Waals surface area contributed by atoms with Gasteiger partial charge >= 0.3 is 0 Å². The lowest BCUT2D eigenvalue weighted by atomic mass is 10.2. The van der Waals surface area contributed by atoms with Crippen LogP contribution in [-0.2, 0) is 0 Å². The van der Waals surface area contributed by atoms with E-state index in [2.05, 4.69) is 20.6 Å². The van der Waals surface area contributed by atoms with Crippen LogP contribution in [0.3, 0.4) is 0 Å². The van der Waals surface area contributed by atoms with Crippen LogP contribution in [0.1, 0.15) is 6.42 Å². The van der Waals surface area contributed by atoms with Gasteiger partial charge in [0.05, 0.1) is 0 Å². The van der Waals surface area contributed by atoms with E-state index in [1.54, 1.807) is 0 Å². The van der Waals surface area contributed by atoms with E-state index >= 15 is 0 Å². The van der Waals surface area contributed by atoms with E-state index in [9.17, 15) is 0 Å². The molecule has 5 nitrogen and oxygen atoms in total. The predicted octanol–water partition coefficient (Wildman–Crippen LogP) is 1.02. The molecule has 1 unspecified atom stereocenters. The summed E-state index contributed by atoms with van der Waals surface area (Å²) in [6, 6.07) is 2.38. The van der Waals surface area contributed by atoms with Gasteiger partial charge in [-0.25, -0.2) is 0 Å². The second-order valence-corrected chi connectivity index (χ2v) is 4.60. The Balaban J connectivity index is 2.09. The number of nitrogens with one attached hydrogen (secondary N) is 2. The van der Waals surface area contributed by atoms with Gasteiger partial charge in [-0.05, 0) is 12.2 Å². The summed E-state index contributed by atoms with van der Waals surface area (Å²) in [7, 11) is 1.82. The van der Waals surface area contributed by atoms with Crippen molar-refractivity contribution in [2.75, 3.05) is 34.9 Å². The number of rotatable bonds is 3. The first-order valence-electron chi connectivity index (χ1n) is 4.94. The highest BCUT2D eigenvalue weighted by molar-refractivity contribution is 7.99. The molecule has 0 amide bonds. The van der Waals surface area contributed by atoms with Crippen LogP contribution in [0.15, 0.2) is 6.07 Å². The van der Waals surface area contributed by atoms with E-state index in [0.717, 1.165) is 17.4 Å². The molecule has 1 aromatic rings. The van der Waals surface area contributed by atoms with E-state index in [0.29, 0.717) is 12.0 Å². The Morgan fingerprint density at radius 1 is 1.47 bits per heavy atom. The van der Waals surface area contributed by atoms with Crippen LogP contribution >= 0.6 is 11.8 Å². The smallest absolute Gasteiger partial charge is 0.223 e. The molecule has 0 radical (unpaired) electrons. The van der Waals surface area contributed by atoms with Crippen LogP contribution in [0.4, 0.5) is 17.6 Å². The van der Waals surface area contributed by atoms with Crippen molar-refractivity contribution in [1.29, 1.82) is 0 Å². The van der Waals surface area contributed by atoms with E-state index < -0.39 is 0 Å². The van der Waals surface area contributed by atoms with Crippen molar-refractivity contribution in [1.82, 2.24) is 9.97 Å². The molecule has 0 bridgehead atoms. The number of anilines is 3. The first-order chi connectivity index (χ1) is 7.28. The van der Waals surface area contributed by atoms with Crippen LogP contribution in [-0.4, -0.2) is 34.6 Å². The molecule has 15 heavy (non-hydrogen) atoms. The third-order valence-electron chi connectivity index (χ3n) is 2.28. The topological polar surface area (TPSA) is 75.9 Å². The summed E-state index contributed by atoms with van der Waals surface area (Å²) < 4.78 is 0. The van der Waals surface area contributed by atoms with Crippen LogP contribution in [0.2, 0.25) is 0 Å². The van der Waals surface area contributed by atoms with Crippen LogP contribution in [0.25, 0.3) is 0 Å². The quantitative estimate of drug-likeness (QED) is 0.713. The van der Waals surface area contributed by atoms with Gasteiger partial charge in [-0.1, -0.05) is 0 Å². The second kappa shape index (κ2) is 4.57. The van der Waals surface area contributed by atoms with Gasteiger partial charge in [0, 0.05) is 24.9 Å². The Morgan fingerprint density at radius 3 is 2.93 bits per heavy atom. The zero-order chi connectivity index (χ0) is 10.7. The second-order valence-electron chi connectivity index (χ2n) is 3.45. The van der Waals surface area contributed by atoms with Crippen LogP contribution < -0.4 is 16.4 Å². The van der Waals surface area contributed by atoms with Gasteiger partial charge < -0.3 is 16.4 Å². The van der Waals surface area contributed by atoms with Crippen molar-refractivity contribution < 1.29 is 0 Å². The number of nitrogens with zero attached hydrogens (tertiary/aromatic N) is 2. The number of hydrogen-bond donors (Lipinski definition) is 3. The summed E-state index contributed by atoms with van der Waals surface area (Å²) in [6.07, 6.45) is 1.18. The Kier molecular flexibility index (Phi) is 3.15. The van der Waals surface area contributed by atoms with E-state index in [-0.39, 0.29) is 0 Å². The first kappa shape index (κ1) is 10.4. The number of nitrogens with two attached hydrogens (primary N) is 1. The third-order valence-corrected chi connectivity index (χ3v) is 3.44. The maximum Gasteiger partial charge on any atom is 0.223 e. The maximum atomic E-state index is 5.60. The molecule has 1 aliphatic heterocycles. The van der Waals surface area contributed by atoms with E-state index in [4.69, 9.17) is 5.73 Å². The lowest BCUT2D eigenvalue weighted by Crippen LogP contribution is -2.19. The van der Waals surface area contributed by atoms with Crippen molar-refractivity contribution in [3.05, 3.63) is 6.07 Å². The summed E-state index contributed by atoms with van der Waals surface area (Å²) in [6.45, 7) is 0. The largest absolute Gasteiger partial charge is 0.373 e. The third kappa shape index (κ3) is 2.65. The Hall–Kier alpha value is -1.17. The molecule has 2 rings (SSSR count). The maximum absolute atomic E-state index is 5.60. The average molecular weight is 225 g/mol. The van der Waals surface area contributed by atoms with Gasteiger partial charge in [0.25, 0.3) is 0 Å². The molecule has 6 heteroatoms. The van der Waals surface area contributed by atoms with Crippen molar-refractivity contribution >= 4 is 29.3 Å². The molecule has 82 valence electrons. The molecule has 4 N–H and O–H groups in total. The zero-order valence-electron chi connectivity index (χ0n) is 8.66. The molecular formula is C9H15N5S. The molecule has 2 heterocycles. The predicted molar refractivity (Wildman–Crippen MR) is 65.3 cm³/mol. The minimum absolute atomic E-state index is 0.301. The summed E-state index contributed by atoms with van der Waals surface area (Å²) in [4.78, 5) is 8.19. The van der Waals surface area contributed by atoms with E-state index in [1.807, 2.05) is 24.9 Å². The molecule has 0 aliphatic carbocycles. The Morgan fingerprint density at radius 2 is 2.27 bits per heavy atom.